The highest BCUT2D eigenvalue weighted by Gasteiger charge is 2.13. The van der Waals surface area contributed by atoms with Crippen LogP contribution in [0.1, 0.15) is 5.56 Å². The van der Waals surface area contributed by atoms with Gasteiger partial charge < -0.3 is 11.1 Å². The molecule has 0 saturated heterocycles. The molecule has 0 aliphatic rings. The predicted molar refractivity (Wildman–Crippen MR) is 105 cm³/mol. The number of anilines is 2. The van der Waals surface area contributed by atoms with E-state index in [1.54, 1.807) is 19.4 Å². The van der Waals surface area contributed by atoms with E-state index in [1.807, 2.05) is 31.3 Å². The fourth-order valence-corrected chi connectivity index (χ4v) is 3.22. The predicted octanol–water partition coefficient (Wildman–Crippen LogP) is 3.54. The molecule has 2 amide bonds. The number of nitrogens with one attached hydrogen (secondary N) is 2. The average Bonchev–Trinajstić information content (AvgIpc) is 2.58. The zero-order valence-electron chi connectivity index (χ0n) is 13.2. The van der Waals surface area contributed by atoms with E-state index in [4.69, 9.17) is 5.73 Å². The lowest BCUT2D eigenvalue weighted by atomic mass is 9.99. The number of aryl methyl sites for hydroxylation is 1. The Morgan fingerprint density at radius 3 is 2.75 bits per heavy atom. The van der Waals surface area contributed by atoms with E-state index in [0.29, 0.717) is 11.5 Å². The van der Waals surface area contributed by atoms with Crippen LogP contribution in [-0.4, -0.2) is 23.0 Å². The van der Waals surface area contributed by atoms with Gasteiger partial charge in [0.15, 0.2) is 0 Å². The summed E-state index contributed by atoms with van der Waals surface area (Å²) < 4.78 is 0.963. The zero-order valence-corrected chi connectivity index (χ0v) is 15.4. The van der Waals surface area contributed by atoms with Gasteiger partial charge in [0.25, 0.3) is 0 Å². The molecule has 0 saturated carbocycles. The number of rotatable bonds is 2. The van der Waals surface area contributed by atoms with Crippen molar-refractivity contribution in [2.75, 3.05) is 18.1 Å². The number of hydrogen-bond acceptors (Lipinski definition) is 4. The lowest BCUT2D eigenvalue weighted by molar-refractivity contribution is 0.254. The maximum atomic E-state index is 11.5. The summed E-state index contributed by atoms with van der Waals surface area (Å²) in [6.45, 7) is 2.04. The molecule has 122 valence electrons. The second-order valence-corrected chi connectivity index (χ2v) is 6.42. The third-order valence-electron chi connectivity index (χ3n) is 3.80. The summed E-state index contributed by atoms with van der Waals surface area (Å²) >= 11 is 2.25. The fraction of sp³-hybridized carbons (Fsp3) is 0.118. The highest BCUT2D eigenvalue weighted by molar-refractivity contribution is 14.1. The van der Waals surface area contributed by atoms with Crippen LogP contribution in [0, 0.1) is 10.5 Å². The third kappa shape index (κ3) is 2.99. The molecule has 2 heterocycles. The average molecular weight is 433 g/mol. The first kappa shape index (κ1) is 16.4. The zero-order chi connectivity index (χ0) is 17.3. The molecule has 7 heteroatoms. The molecule has 0 spiro atoms. The minimum atomic E-state index is -0.316. The monoisotopic (exact) mass is 433 g/mol. The second-order valence-electron chi connectivity index (χ2n) is 5.34. The van der Waals surface area contributed by atoms with Crippen molar-refractivity contribution in [3.63, 3.8) is 0 Å². The molecule has 4 N–H and O–H groups in total. The molecular weight excluding hydrogens is 417 g/mol. The summed E-state index contributed by atoms with van der Waals surface area (Å²) in [5.41, 5.74) is 10.2. The minimum absolute atomic E-state index is 0.316. The van der Waals surface area contributed by atoms with Gasteiger partial charge >= 0.3 is 6.03 Å². The Morgan fingerprint density at radius 1 is 1.25 bits per heavy atom. The van der Waals surface area contributed by atoms with Gasteiger partial charge in [0, 0.05) is 40.2 Å². The number of hydrogen-bond donors (Lipinski definition) is 3. The van der Waals surface area contributed by atoms with Crippen LogP contribution in [0.3, 0.4) is 0 Å². The molecular formula is C17H16IN5O. The van der Waals surface area contributed by atoms with Gasteiger partial charge in [0.1, 0.15) is 5.82 Å². The molecule has 3 rings (SSSR count). The van der Waals surface area contributed by atoms with Crippen LogP contribution in [0.5, 0.6) is 0 Å². The summed E-state index contributed by atoms with van der Waals surface area (Å²) in [7, 11) is 1.56. The van der Waals surface area contributed by atoms with Crippen molar-refractivity contribution in [1.29, 1.82) is 0 Å². The van der Waals surface area contributed by atoms with Gasteiger partial charge in [-0.15, -0.1) is 0 Å². The van der Waals surface area contributed by atoms with Crippen molar-refractivity contribution in [2.45, 2.75) is 6.92 Å². The standard InChI is InChI=1S/C17H16IN5O/c1-9-3-4-21-7-12(9)11-5-10-6-14(23-17(24)20-2)22-8-13(10)16(19)15(11)18/h3-8H,19H2,1-2H3,(H2,20,22,23,24). The first-order valence-corrected chi connectivity index (χ1v) is 8.36. The molecule has 2 aromatic heterocycles. The molecule has 0 aliphatic heterocycles. The van der Waals surface area contributed by atoms with Gasteiger partial charge in [0.2, 0.25) is 0 Å². The third-order valence-corrected chi connectivity index (χ3v) is 4.96. The van der Waals surface area contributed by atoms with E-state index in [1.165, 1.54) is 0 Å². The number of halogens is 1. The van der Waals surface area contributed by atoms with Crippen LogP contribution in [0.2, 0.25) is 0 Å². The van der Waals surface area contributed by atoms with Crippen molar-refractivity contribution >= 4 is 50.9 Å². The molecule has 3 aromatic rings. The van der Waals surface area contributed by atoms with Gasteiger partial charge in [-0.1, -0.05) is 0 Å². The number of fused-ring (bicyclic) bond motifs is 1. The summed E-state index contributed by atoms with van der Waals surface area (Å²) in [4.78, 5) is 19.9. The van der Waals surface area contributed by atoms with E-state index in [2.05, 4.69) is 43.2 Å². The summed E-state index contributed by atoms with van der Waals surface area (Å²) in [5.74, 6) is 0.469. The Morgan fingerprint density at radius 2 is 2.04 bits per heavy atom. The van der Waals surface area contributed by atoms with Gasteiger partial charge in [0.05, 0.1) is 5.69 Å². The van der Waals surface area contributed by atoms with Crippen molar-refractivity contribution < 1.29 is 4.79 Å². The van der Waals surface area contributed by atoms with Crippen LogP contribution < -0.4 is 16.4 Å². The van der Waals surface area contributed by atoms with E-state index < -0.39 is 0 Å². The number of amides is 2. The van der Waals surface area contributed by atoms with Gasteiger partial charge in [-0.2, -0.15) is 0 Å². The normalized spacial score (nSPS) is 10.6. The molecule has 0 bridgehead atoms. The Kier molecular flexibility index (Phi) is 4.52. The van der Waals surface area contributed by atoms with Crippen LogP contribution in [0.4, 0.5) is 16.3 Å². The first-order chi connectivity index (χ1) is 11.5. The van der Waals surface area contributed by atoms with Gasteiger partial charge in [-0.05, 0) is 64.2 Å². The first-order valence-electron chi connectivity index (χ1n) is 7.28. The number of carbonyl (C=O) groups is 1. The van der Waals surface area contributed by atoms with E-state index in [-0.39, 0.29) is 6.03 Å². The van der Waals surface area contributed by atoms with E-state index >= 15 is 0 Å². The molecule has 0 atom stereocenters. The van der Waals surface area contributed by atoms with Gasteiger partial charge in [-0.25, -0.2) is 9.78 Å². The number of nitrogens with two attached hydrogens (primary N) is 1. The van der Waals surface area contributed by atoms with Crippen molar-refractivity contribution in [3.8, 4) is 11.1 Å². The number of pyridine rings is 2. The van der Waals surface area contributed by atoms with Gasteiger partial charge in [-0.3, -0.25) is 10.3 Å². The van der Waals surface area contributed by atoms with Crippen molar-refractivity contribution in [3.05, 3.63) is 45.9 Å². The highest BCUT2D eigenvalue weighted by atomic mass is 127. The van der Waals surface area contributed by atoms with Crippen molar-refractivity contribution in [1.82, 2.24) is 15.3 Å². The summed E-state index contributed by atoms with van der Waals surface area (Å²) in [5, 5.41) is 6.94. The maximum absolute atomic E-state index is 11.5. The Hall–Kier alpha value is -2.42. The number of urea groups is 1. The number of aromatic nitrogens is 2. The topological polar surface area (TPSA) is 92.9 Å². The lowest BCUT2D eigenvalue weighted by Gasteiger charge is -2.13. The minimum Gasteiger partial charge on any atom is -0.397 e. The molecule has 24 heavy (non-hydrogen) atoms. The molecule has 0 unspecified atom stereocenters. The van der Waals surface area contributed by atoms with E-state index in [0.717, 1.165) is 31.0 Å². The number of benzene rings is 1. The molecule has 0 radical (unpaired) electrons. The molecule has 1 aromatic carbocycles. The molecule has 6 nitrogen and oxygen atoms in total. The van der Waals surface area contributed by atoms with Crippen LogP contribution >= 0.6 is 22.6 Å². The van der Waals surface area contributed by atoms with Crippen LogP contribution in [0.25, 0.3) is 21.9 Å². The Bertz CT molecular complexity index is 942. The van der Waals surface area contributed by atoms with E-state index in [9.17, 15) is 4.79 Å². The summed E-state index contributed by atoms with van der Waals surface area (Å²) in [6.07, 6.45) is 5.28. The number of nitrogens with zero attached hydrogens (tertiary/aromatic N) is 2. The summed E-state index contributed by atoms with van der Waals surface area (Å²) in [6, 6.07) is 5.51. The largest absolute Gasteiger partial charge is 0.397 e. The number of nitrogen functional groups attached to an aromatic ring is 1. The Balaban J connectivity index is 2.19. The second kappa shape index (κ2) is 6.60. The maximum Gasteiger partial charge on any atom is 0.320 e. The highest BCUT2D eigenvalue weighted by Crippen LogP contribution is 2.36. The quantitative estimate of drug-likeness (QED) is 0.426. The van der Waals surface area contributed by atoms with Crippen LogP contribution in [0.15, 0.2) is 36.8 Å². The Labute approximate surface area is 153 Å². The lowest BCUT2D eigenvalue weighted by Crippen LogP contribution is -2.24. The van der Waals surface area contributed by atoms with Crippen LogP contribution in [-0.2, 0) is 0 Å². The number of carbonyl (C=O) groups excluding carboxylic acids is 1. The molecule has 0 aliphatic carbocycles. The fourth-order valence-electron chi connectivity index (χ4n) is 2.49. The van der Waals surface area contributed by atoms with Crippen molar-refractivity contribution in [2.24, 2.45) is 0 Å². The smallest absolute Gasteiger partial charge is 0.320 e. The molecule has 0 fully saturated rings. The SMILES string of the molecule is CNC(=O)Nc1cc2cc(-c3cnccc3C)c(I)c(N)c2cn1.